The topological polar surface area (TPSA) is 19.1 Å². The third-order valence-corrected chi connectivity index (χ3v) is 10.0. The molecule has 0 atom stereocenters. The van der Waals surface area contributed by atoms with Crippen LogP contribution in [0.25, 0.3) is 65.9 Å². The molecule has 0 N–H and O–H groups in total. The first kappa shape index (κ1) is 25.2. The molecular weight excluding hydrogens is 536 g/mol. The van der Waals surface area contributed by atoms with Gasteiger partial charge in [-0.05, 0) is 47.5 Å². The second-order valence-corrected chi connectivity index (χ2v) is 12.7. The molecule has 44 heavy (non-hydrogen) atoms. The lowest BCUT2D eigenvalue weighted by Gasteiger charge is -2.36. The van der Waals surface area contributed by atoms with E-state index in [1.807, 2.05) is 0 Å². The number of aromatic nitrogens is 2. The van der Waals surface area contributed by atoms with Crippen LogP contribution in [0.4, 0.5) is 0 Å². The van der Waals surface area contributed by atoms with E-state index in [0.717, 1.165) is 22.6 Å². The number of hydrogen-bond donors (Lipinski definition) is 0. The second-order valence-electron chi connectivity index (χ2n) is 12.7. The molecular formula is C41H32N2O. The second kappa shape index (κ2) is 8.87. The monoisotopic (exact) mass is 568 g/mol. The van der Waals surface area contributed by atoms with Crippen molar-refractivity contribution < 1.29 is 4.74 Å². The van der Waals surface area contributed by atoms with E-state index in [1.165, 1.54) is 65.9 Å². The van der Waals surface area contributed by atoms with E-state index in [9.17, 15) is 0 Å². The molecule has 0 saturated heterocycles. The fourth-order valence-electron chi connectivity index (χ4n) is 7.65. The predicted molar refractivity (Wildman–Crippen MR) is 184 cm³/mol. The summed E-state index contributed by atoms with van der Waals surface area (Å²) >= 11 is 0. The highest BCUT2D eigenvalue weighted by molar-refractivity contribution is 6.10. The molecule has 0 unspecified atom stereocenters. The highest BCUT2D eigenvalue weighted by atomic mass is 16.5. The molecule has 9 rings (SSSR count). The number of nitrogens with zero attached hydrogens (tertiary/aromatic N) is 2. The minimum Gasteiger partial charge on any atom is -0.455 e. The maximum Gasteiger partial charge on any atom is 0.139 e. The Hall–Kier alpha value is -5.28. The lowest BCUT2D eigenvalue weighted by molar-refractivity contribution is 0.421. The minimum absolute atomic E-state index is 0.234. The lowest BCUT2D eigenvalue weighted by Crippen LogP contribution is -2.25. The van der Waals surface area contributed by atoms with Crippen LogP contribution < -0.4 is 4.74 Å². The van der Waals surface area contributed by atoms with Crippen LogP contribution in [0.1, 0.15) is 25.0 Å². The molecule has 0 fully saturated rings. The van der Waals surface area contributed by atoms with E-state index < -0.39 is 0 Å². The molecule has 6 aromatic carbocycles. The number of fused-ring (bicyclic) bond motifs is 8. The van der Waals surface area contributed by atoms with Crippen LogP contribution in [0, 0.1) is 0 Å². The molecule has 2 aromatic heterocycles. The van der Waals surface area contributed by atoms with E-state index >= 15 is 0 Å². The van der Waals surface area contributed by atoms with Crippen molar-refractivity contribution in [3.05, 3.63) is 132 Å². The molecule has 0 radical (unpaired) electrons. The van der Waals surface area contributed by atoms with Crippen LogP contribution in [0.15, 0.2) is 121 Å². The van der Waals surface area contributed by atoms with Gasteiger partial charge in [0.2, 0.25) is 0 Å². The van der Waals surface area contributed by atoms with Crippen molar-refractivity contribution in [2.24, 2.45) is 14.1 Å². The van der Waals surface area contributed by atoms with Gasteiger partial charge in [0.25, 0.3) is 0 Å². The molecule has 3 nitrogen and oxygen atoms in total. The van der Waals surface area contributed by atoms with Gasteiger partial charge < -0.3 is 13.9 Å². The Morgan fingerprint density at radius 3 is 1.36 bits per heavy atom. The molecule has 0 spiro atoms. The zero-order valence-corrected chi connectivity index (χ0v) is 25.3. The summed E-state index contributed by atoms with van der Waals surface area (Å²) in [7, 11) is 4.29. The lowest BCUT2D eigenvalue weighted by atomic mass is 9.74. The van der Waals surface area contributed by atoms with E-state index in [1.54, 1.807) is 0 Å². The van der Waals surface area contributed by atoms with Gasteiger partial charge in [0.1, 0.15) is 11.5 Å². The molecule has 212 valence electrons. The smallest absolute Gasteiger partial charge is 0.139 e. The molecule has 8 aromatic rings. The zero-order valence-electron chi connectivity index (χ0n) is 25.3. The van der Waals surface area contributed by atoms with Gasteiger partial charge in [-0.1, -0.05) is 98.8 Å². The molecule has 1 aliphatic heterocycles. The number of hydrogen-bond acceptors (Lipinski definition) is 1. The SMILES string of the molecule is Cn1c2ccccc2c2cc(-c3cccc4c3Oc3c(-c5ccc6c(c5)c5ccccc5n6C)cccc3C4(C)C)ccc21. The minimum atomic E-state index is -0.234. The molecule has 0 bridgehead atoms. The van der Waals surface area contributed by atoms with Crippen molar-refractivity contribution in [1.29, 1.82) is 0 Å². The van der Waals surface area contributed by atoms with Crippen LogP contribution in [-0.2, 0) is 19.5 Å². The average Bonchev–Trinajstić information content (AvgIpc) is 3.51. The summed E-state index contributed by atoms with van der Waals surface area (Å²) < 4.78 is 11.6. The largest absolute Gasteiger partial charge is 0.455 e. The number of ether oxygens (including phenoxy) is 1. The Morgan fingerprint density at radius 1 is 0.455 bits per heavy atom. The maximum absolute atomic E-state index is 7.08. The zero-order chi connectivity index (χ0) is 29.7. The van der Waals surface area contributed by atoms with Crippen molar-refractivity contribution in [1.82, 2.24) is 9.13 Å². The van der Waals surface area contributed by atoms with Gasteiger partial charge in [-0.3, -0.25) is 0 Å². The molecule has 3 heterocycles. The highest BCUT2D eigenvalue weighted by Gasteiger charge is 2.37. The highest BCUT2D eigenvalue weighted by Crippen LogP contribution is 2.54. The molecule has 0 saturated carbocycles. The van der Waals surface area contributed by atoms with Gasteiger partial charge in [0, 0.05) is 85.4 Å². The first-order valence-electron chi connectivity index (χ1n) is 15.3. The van der Waals surface area contributed by atoms with Crippen molar-refractivity contribution in [3.8, 4) is 33.8 Å². The molecule has 1 aliphatic rings. The van der Waals surface area contributed by atoms with Crippen LogP contribution >= 0.6 is 0 Å². The Kier molecular flexibility index (Phi) is 5.09. The third kappa shape index (κ3) is 3.32. The number of aryl methyl sites for hydroxylation is 2. The fraction of sp³-hybridized carbons (Fsp3) is 0.122. The Bertz CT molecular complexity index is 2300. The van der Waals surface area contributed by atoms with Gasteiger partial charge >= 0.3 is 0 Å². The quantitative estimate of drug-likeness (QED) is 0.203. The standard InChI is InChI=1S/C41H32N2O/c1-41(2)33-15-9-13-27(25-19-21-37-31(23-25)29-11-5-7-17-35(29)42(37)3)39(33)44-40-28(14-10-16-34(40)41)26-20-22-38-32(24-26)30-12-6-8-18-36(30)43(38)4/h5-24H,1-4H3. The molecule has 0 aliphatic carbocycles. The Balaban J connectivity index is 1.24. The maximum atomic E-state index is 7.08. The predicted octanol–water partition coefficient (Wildman–Crippen LogP) is 10.7. The number of benzene rings is 6. The first-order chi connectivity index (χ1) is 21.4. The summed E-state index contributed by atoms with van der Waals surface area (Å²) in [5.74, 6) is 1.89. The van der Waals surface area contributed by atoms with Crippen molar-refractivity contribution in [3.63, 3.8) is 0 Å². The normalized spacial score (nSPS) is 13.8. The molecule has 0 amide bonds. The van der Waals surface area contributed by atoms with Gasteiger partial charge in [0.05, 0.1) is 0 Å². The van der Waals surface area contributed by atoms with Crippen LogP contribution in [0.5, 0.6) is 11.5 Å². The van der Waals surface area contributed by atoms with E-state index in [4.69, 9.17) is 4.74 Å². The summed E-state index contributed by atoms with van der Waals surface area (Å²) in [6.45, 7) is 4.64. The van der Waals surface area contributed by atoms with Gasteiger partial charge in [-0.25, -0.2) is 0 Å². The summed E-state index contributed by atoms with van der Waals surface area (Å²) in [6, 6.07) is 44.2. The Labute approximate surface area is 256 Å². The molecule has 3 heteroatoms. The summed E-state index contributed by atoms with van der Waals surface area (Å²) in [4.78, 5) is 0. The van der Waals surface area contributed by atoms with E-state index in [-0.39, 0.29) is 5.41 Å². The Morgan fingerprint density at radius 2 is 0.886 bits per heavy atom. The van der Waals surface area contributed by atoms with Gasteiger partial charge in [-0.2, -0.15) is 0 Å². The van der Waals surface area contributed by atoms with Crippen LogP contribution in [0.3, 0.4) is 0 Å². The number of para-hydroxylation sites is 4. The number of rotatable bonds is 2. The van der Waals surface area contributed by atoms with Crippen LogP contribution in [0.2, 0.25) is 0 Å². The van der Waals surface area contributed by atoms with E-state index in [2.05, 4.69) is 158 Å². The fourth-order valence-corrected chi connectivity index (χ4v) is 7.65. The van der Waals surface area contributed by atoms with Crippen molar-refractivity contribution >= 4 is 43.6 Å². The summed E-state index contributed by atoms with van der Waals surface area (Å²) in [5, 5.41) is 5.07. The van der Waals surface area contributed by atoms with Gasteiger partial charge in [-0.15, -0.1) is 0 Å². The van der Waals surface area contributed by atoms with Crippen molar-refractivity contribution in [2.75, 3.05) is 0 Å². The van der Waals surface area contributed by atoms with Crippen molar-refractivity contribution in [2.45, 2.75) is 19.3 Å². The third-order valence-electron chi connectivity index (χ3n) is 10.0. The summed E-state index contributed by atoms with van der Waals surface area (Å²) in [6.07, 6.45) is 0. The summed E-state index contributed by atoms with van der Waals surface area (Å²) in [5.41, 5.74) is 11.7. The first-order valence-corrected chi connectivity index (χ1v) is 15.3. The van der Waals surface area contributed by atoms with Gasteiger partial charge in [0.15, 0.2) is 0 Å². The van der Waals surface area contributed by atoms with E-state index in [0.29, 0.717) is 0 Å². The average molecular weight is 569 g/mol. The van der Waals surface area contributed by atoms with Crippen LogP contribution in [-0.4, -0.2) is 9.13 Å².